The van der Waals surface area contributed by atoms with Gasteiger partial charge in [0.05, 0.1) is 18.6 Å². The van der Waals surface area contributed by atoms with Gasteiger partial charge in [-0.15, -0.1) is 0 Å². The molecular weight excluding hydrogens is 352 g/mol. The lowest BCUT2D eigenvalue weighted by Crippen LogP contribution is -2.27. The van der Waals surface area contributed by atoms with Crippen molar-refractivity contribution in [1.29, 1.82) is 0 Å². The number of anilines is 1. The summed E-state index contributed by atoms with van der Waals surface area (Å²) in [6.45, 7) is 0.970. The second-order valence-electron chi connectivity index (χ2n) is 6.30. The van der Waals surface area contributed by atoms with E-state index < -0.39 is 10.0 Å². The molecule has 0 bridgehead atoms. The van der Waals surface area contributed by atoms with E-state index in [1.165, 1.54) is 4.31 Å². The summed E-state index contributed by atoms with van der Waals surface area (Å²) in [5, 5.41) is 0. The topological polar surface area (TPSA) is 66.9 Å². The van der Waals surface area contributed by atoms with Crippen LogP contribution < -0.4 is 9.04 Å². The molecule has 1 fully saturated rings. The van der Waals surface area contributed by atoms with Crippen molar-refractivity contribution in [3.8, 4) is 5.75 Å². The zero-order valence-electron chi connectivity index (χ0n) is 14.9. The van der Waals surface area contributed by atoms with Crippen LogP contribution in [0.15, 0.2) is 48.5 Å². The Labute approximate surface area is 154 Å². The van der Waals surface area contributed by atoms with Gasteiger partial charge in [0.1, 0.15) is 5.75 Å². The normalized spacial score (nSPS) is 15.7. The molecule has 7 heteroatoms. The van der Waals surface area contributed by atoms with E-state index in [9.17, 15) is 13.2 Å². The Hall–Kier alpha value is -2.54. The molecule has 2 aromatic rings. The summed E-state index contributed by atoms with van der Waals surface area (Å²) in [5.74, 6) is 0.838. The molecule has 1 aliphatic rings. The average molecular weight is 374 g/mol. The molecule has 0 aromatic heterocycles. The first-order valence-corrected chi connectivity index (χ1v) is 10.0. The largest absolute Gasteiger partial charge is 0.497 e. The molecule has 0 spiro atoms. The van der Waals surface area contributed by atoms with Crippen molar-refractivity contribution in [2.75, 3.05) is 30.8 Å². The number of hydrogen-bond donors (Lipinski definition) is 0. The molecule has 26 heavy (non-hydrogen) atoms. The molecule has 0 atom stereocenters. The Morgan fingerprint density at radius 3 is 2.31 bits per heavy atom. The average Bonchev–Trinajstić information content (AvgIpc) is 3.01. The zero-order valence-corrected chi connectivity index (χ0v) is 15.7. The molecular formula is C19H22N2O4S. The molecule has 138 valence electrons. The Balaban J connectivity index is 1.69. The maximum Gasteiger partial charge on any atom is 0.253 e. The van der Waals surface area contributed by atoms with Gasteiger partial charge in [0, 0.05) is 25.7 Å². The molecule has 2 aromatic carbocycles. The van der Waals surface area contributed by atoms with Crippen LogP contribution in [-0.2, 0) is 16.6 Å². The second-order valence-corrected chi connectivity index (χ2v) is 8.31. The van der Waals surface area contributed by atoms with Crippen LogP contribution in [0.1, 0.15) is 22.3 Å². The molecule has 1 aliphatic heterocycles. The van der Waals surface area contributed by atoms with Gasteiger partial charge < -0.3 is 9.64 Å². The SMILES string of the molecule is COc1ccc(CN(C)C(=O)c2ccc(N3CCCS3(=O)=O)cc2)cc1. The third kappa shape index (κ3) is 3.83. The first-order chi connectivity index (χ1) is 12.4. The minimum Gasteiger partial charge on any atom is -0.497 e. The van der Waals surface area contributed by atoms with Gasteiger partial charge in [-0.3, -0.25) is 9.10 Å². The van der Waals surface area contributed by atoms with Crippen LogP contribution in [0.2, 0.25) is 0 Å². The third-order valence-electron chi connectivity index (χ3n) is 4.43. The summed E-state index contributed by atoms with van der Waals surface area (Å²) < 4.78 is 30.5. The third-order valence-corrected chi connectivity index (χ3v) is 6.30. The van der Waals surface area contributed by atoms with E-state index in [4.69, 9.17) is 4.74 Å². The van der Waals surface area contributed by atoms with Gasteiger partial charge in [0.2, 0.25) is 10.0 Å². The van der Waals surface area contributed by atoms with Crippen LogP contribution in [0, 0.1) is 0 Å². The second kappa shape index (κ2) is 7.37. The molecule has 0 aliphatic carbocycles. The van der Waals surface area contributed by atoms with Crippen LogP contribution in [0.5, 0.6) is 5.75 Å². The van der Waals surface area contributed by atoms with Gasteiger partial charge in [-0.05, 0) is 48.4 Å². The van der Waals surface area contributed by atoms with Crippen molar-refractivity contribution < 1.29 is 17.9 Å². The fourth-order valence-corrected chi connectivity index (χ4v) is 4.56. The molecule has 0 saturated carbocycles. The van der Waals surface area contributed by atoms with Crippen molar-refractivity contribution in [3.05, 3.63) is 59.7 Å². The highest BCUT2D eigenvalue weighted by atomic mass is 32.2. The van der Waals surface area contributed by atoms with E-state index in [1.807, 2.05) is 24.3 Å². The Morgan fingerprint density at radius 1 is 1.12 bits per heavy atom. The highest BCUT2D eigenvalue weighted by molar-refractivity contribution is 7.93. The van der Waals surface area contributed by atoms with E-state index in [1.54, 1.807) is 43.3 Å². The fraction of sp³-hybridized carbons (Fsp3) is 0.316. The lowest BCUT2D eigenvalue weighted by atomic mass is 10.1. The fourth-order valence-electron chi connectivity index (χ4n) is 3.00. The summed E-state index contributed by atoms with van der Waals surface area (Å²) in [6, 6.07) is 14.3. The number of benzene rings is 2. The summed E-state index contributed by atoms with van der Waals surface area (Å²) >= 11 is 0. The number of carbonyl (C=O) groups is 1. The lowest BCUT2D eigenvalue weighted by Gasteiger charge is -2.19. The van der Waals surface area contributed by atoms with Crippen molar-refractivity contribution in [2.24, 2.45) is 0 Å². The summed E-state index contributed by atoms with van der Waals surface area (Å²) in [4.78, 5) is 14.2. The molecule has 0 radical (unpaired) electrons. The molecule has 0 N–H and O–H groups in total. The number of nitrogens with zero attached hydrogens (tertiary/aromatic N) is 2. The molecule has 1 saturated heterocycles. The number of carbonyl (C=O) groups excluding carboxylic acids is 1. The highest BCUT2D eigenvalue weighted by Crippen LogP contribution is 2.24. The summed E-state index contributed by atoms with van der Waals surface area (Å²) in [7, 11) is 0.146. The van der Waals surface area contributed by atoms with E-state index in [0.717, 1.165) is 11.3 Å². The Kier molecular flexibility index (Phi) is 5.18. The summed E-state index contributed by atoms with van der Waals surface area (Å²) in [6.07, 6.45) is 0.633. The molecule has 1 heterocycles. The lowest BCUT2D eigenvalue weighted by molar-refractivity contribution is 0.0785. The molecule has 6 nitrogen and oxygen atoms in total. The first kappa shape index (κ1) is 18.3. The van der Waals surface area contributed by atoms with E-state index >= 15 is 0 Å². The Bertz CT molecular complexity index is 877. The van der Waals surface area contributed by atoms with Crippen LogP contribution >= 0.6 is 0 Å². The minimum absolute atomic E-state index is 0.114. The van der Waals surface area contributed by atoms with E-state index in [0.29, 0.717) is 30.8 Å². The quantitative estimate of drug-likeness (QED) is 0.807. The summed E-state index contributed by atoms with van der Waals surface area (Å²) in [5.41, 5.74) is 2.14. The molecule has 1 amide bonds. The number of amides is 1. The smallest absolute Gasteiger partial charge is 0.253 e. The Morgan fingerprint density at radius 2 is 1.77 bits per heavy atom. The number of rotatable bonds is 5. The van der Waals surface area contributed by atoms with Gasteiger partial charge in [-0.25, -0.2) is 8.42 Å². The van der Waals surface area contributed by atoms with Gasteiger partial charge in [0.15, 0.2) is 0 Å². The highest BCUT2D eigenvalue weighted by Gasteiger charge is 2.28. The maximum atomic E-state index is 12.6. The first-order valence-electron chi connectivity index (χ1n) is 8.39. The number of sulfonamides is 1. The van der Waals surface area contributed by atoms with E-state index in [2.05, 4.69) is 0 Å². The van der Waals surface area contributed by atoms with Gasteiger partial charge in [-0.1, -0.05) is 12.1 Å². The number of hydrogen-bond acceptors (Lipinski definition) is 4. The van der Waals surface area contributed by atoms with Gasteiger partial charge in [0.25, 0.3) is 5.91 Å². The zero-order chi connectivity index (χ0) is 18.7. The van der Waals surface area contributed by atoms with Gasteiger partial charge >= 0.3 is 0 Å². The maximum absolute atomic E-state index is 12.6. The molecule has 3 rings (SSSR count). The van der Waals surface area contributed by atoms with Crippen LogP contribution in [0.4, 0.5) is 5.69 Å². The standard InChI is InChI=1S/C19H22N2O4S/c1-20(14-15-4-10-18(25-2)11-5-15)19(22)16-6-8-17(9-7-16)21-12-3-13-26(21,23)24/h4-11H,3,12-14H2,1-2H3. The van der Waals surface area contributed by atoms with Crippen molar-refractivity contribution in [3.63, 3.8) is 0 Å². The number of ether oxygens (including phenoxy) is 1. The van der Waals surface area contributed by atoms with Crippen LogP contribution in [-0.4, -0.2) is 45.7 Å². The predicted octanol–water partition coefficient (Wildman–Crippen LogP) is 2.51. The van der Waals surface area contributed by atoms with Crippen LogP contribution in [0.3, 0.4) is 0 Å². The van der Waals surface area contributed by atoms with Crippen molar-refractivity contribution in [1.82, 2.24) is 4.90 Å². The van der Waals surface area contributed by atoms with E-state index in [-0.39, 0.29) is 11.7 Å². The molecule has 0 unspecified atom stereocenters. The minimum atomic E-state index is -3.21. The predicted molar refractivity (Wildman–Crippen MR) is 101 cm³/mol. The van der Waals surface area contributed by atoms with Crippen LogP contribution in [0.25, 0.3) is 0 Å². The van der Waals surface area contributed by atoms with Crippen molar-refractivity contribution in [2.45, 2.75) is 13.0 Å². The number of methoxy groups -OCH3 is 1. The van der Waals surface area contributed by atoms with Gasteiger partial charge in [-0.2, -0.15) is 0 Å². The van der Waals surface area contributed by atoms with Crippen molar-refractivity contribution >= 4 is 21.6 Å². The monoisotopic (exact) mass is 374 g/mol.